The van der Waals surface area contributed by atoms with Gasteiger partial charge in [0.25, 0.3) is 5.91 Å². The molecule has 1 aliphatic heterocycles. The first-order chi connectivity index (χ1) is 15.2. The minimum absolute atomic E-state index is 0.0440. The van der Waals surface area contributed by atoms with E-state index in [9.17, 15) is 18.0 Å². The van der Waals surface area contributed by atoms with Crippen molar-refractivity contribution in [2.45, 2.75) is 26.1 Å². The Labute approximate surface area is 181 Å². The van der Waals surface area contributed by atoms with Crippen molar-refractivity contribution in [1.82, 2.24) is 19.9 Å². The zero-order chi connectivity index (χ0) is 23.3. The van der Waals surface area contributed by atoms with E-state index in [1.165, 1.54) is 0 Å². The van der Waals surface area contributed by atoms with Gasteiger partial charge < -0.3 is 10.0 Å². The van der Waals surface area contributed by atoms with Gasteiger partial charge in [-0.25, -0.2) is 4.79 Å². The van der Waals surface area contributed by atoms with Gasteiger partial charge in [0.1, 0.15) is 0 Å². The lowest BCUT2D eigenvalue weighted by molar-refractivity contribution is -0.192. The second-order valence-corrected chi connectivity index (χ2v) is 6.97. The number of nitrogens with zero attached hydrogens (tertiary/aromatic N) is 4. The van der Waals surface area contributed by atoms with Crippen LogP contribution in [0.1, 0.15) is 27.4 Å². The molecule has 4 rings (SSSR count). The van der Waals surface area contributed by atoms with E-state index >= 15 is 0 Å². The lowest BCUT2D eigenvalue weighted by atomic mass is 10.0. The monoisotopic (exact) mass is 444 g/mol. The molecular formula is C22H19F3N4O3. The third-order valence-corrected chi connectivity index (χ3v) is 4.69. The van der Waals surface area contributed by atoms with Crippen molar-refractivity contribution in [3.05, 3.63) is 77.6 Å². The second-order valence-electron chi connectivity index (χ2n) is 6.97. The van der Waals surface area contributed by atoms with Crippen LogP contribution >= 0.6 is 0 Å². The van der Waals surface area contributed by atoms with Gasteiger partial charge in [-0.05, 0) is 48.4 Å². The number of alkyl halides is 3. The molecule has 0 aromatic carbocycles. The molecule has 10 heteroatoms. The predicted molar refractivity (Wildman–Crippen MR) is 109 cm³/mol. The summed E-state index contributed by atoms with van der Waals surface area (Å²) >= 11 is 0. The molecule has 0 atom stereocenters. The van der Waals surface area contributed by atoms with Gasteiger partial charge in [-0.1, -0.05) is 6.07 Å². The van der Waals surface area contributed by atoms with E-state index in [1.54, 1.807) is 18.6 Å². The first-order valence-corrected chi connectivity index (χ1v) is 9.57. The average molecular weight is 444 g/mol. The predicted octanol–water partition coefficient (Wildman–Crippen LogP) is 3.68. The minimum Gasteiger partial charge on any atom is -0.475 e. The summed E-state index contributed by atoms with van der Waals surface area (Å²) in [6.07, 6.45) is 0.908. The molecular weight excluding hydrogens is 425 g/mol. The fourth-order valence-electron chi connectivity index (χ4n) is 3.22. The maximum Gasteiger partial charge on any atom is 0.490 e. The Kier molecular flexibility index (Phi) is 6.82. The number of carboxylic acid groups (broad SMARTS) is 1. The fraction of sp³-hybridized carbons (Fsp3) is 0.227. The number of carboxylic acids is 1. The van der Waals surface area contributed by atoms with Crippen LogP contribution in [0.4, 0.5) is 13.2 Å². The van der Waals surface area contributed by atoms with E-state index in [0.717, 1.165) is 34.6 Å². The number of carbonyl (C=O) groups excluding carboxylic acids is 1. The number of rotatable bonds is 4. The molecule has 32 heavy (non-hydrogen) atoms. The maximum atomic E-state index is 12.9. The van der Waals surface area contributed by atoms with E-state index in [4.69, 9.17) is 9.90 Å². The number of aliphatic carboxylic acids is 1. The van der Waals surface area contributed by atoms with E-state index in [2.05, 4.69) is 15.0 Å². The lowest BCUT2D eigenvalue weighted by Gasteiger charge is -2.15. The summed E-state index contributed by atoms with van der Waals surface area (Å²) in [5, 5.41) is 7.12. The molecule has 0 bridgehead atoms. The van der Waals surface area contributed by atoms with Crippen molar-refractivity contribution < 1.29 is 27.9 Å². The standard InChI is InChI=1S/C20H18N4O.C2HF3O2/c1-14-3-2-4-16(23-14)8-12-24-13-18-19(20(24)25)17(7-11-22-18)15-5-9-21-10-6-15;3-2(4,5)1(6)7/h2-7,9-11H,8,12-13H2,1H3;(H,6,7). The third kappa shape index (κ3) is 5.45. The molecule has 1 aliphatic rings. The van der Waals surface area contributed by atoms with Crippen molar-refractivity contribution in [2.75, 3.05) is 6.54 Å². The first-order valence-electron chi connectivity index (χ1n) is 9.57. The molecule has 3 aromatic heterocycles. The van der Waals surface area contributed by atoms with Gasteiger partial charge in [0.2, 0.25) is 0 Å². The Bertz CT molecular complexity index is 1120. The van der Waals surface area contributed by atoms with Crippen molar-refractivity contribution in [3.8, 4) is 11.1 Å². The van der Waals surface area contributed by atoms with E-state index in [1.807, 2.05) is 48.2 Å². The number of pyridine rings is 3. The van der Waals surface area contributed by atoms with Crippen LogP contribution in [0.3, 0.4) is 0 Å². The number of amides is 1. The summed E-state index contributed by atoms with van der Waals surface area (Å²) in [4.78, 5) is 36.7. The third-order valence-electron chi connectivity index (χ3n) is 4.69. The average Bonchev–Trinajstić information content (AvgIpc) is 3.08. The number of hydrogen-bond donors (Lipinski definition) is 1. The molecule has 0 saturated carbocycles. The zero-order valence-corrected chi connectivity index (χ0v) is 17.0. The summed E-state index contributed by atoms with van der Waals surface area (Å²) < 4.78 is 31.7. The summed E-state index contributed by atoms with van der Waals surface area (Å²) in [7, 11) is 0. The van der Waals surface area contributed by atoms with Crippen LogP contribution in [0.25, 0.3) is 11.1 Å². The smallest absolute Gasteiger partial charge is 0.475 e. The molecule has 0 aliphatic carbocycles. The molecule has 4 heterocycles. The first kappa shape index (κ1) is 22.9. The largest absolute Gasteiger partial charge is 0.490 e. The molecule has 0 fully saturated rings. The Morgan fingerprint density at radius 1 is 1.12 bits per heavy atom. The summed E-state index contributed by atoms with van der Waals surface area (Å²) in [6, 6.07) is 11.7. The van der Waals surface area contributed by atoms with E-state index < -0.39 is 12.1 Å². The Balaban J connectivity index is 0.000000360. The normalized spacial score (nSPS) is 12.8. The Morgan fingerprint density at radius 2 is 1.81 bits per heavy atom. The van der Waals surface area contributed by atoms with Crippen molar-refractivity contribution >= 4 is 11.9 Å². The fourth-order valence-corrected chi connectivity index (χ4v) is 3.22. The second kappa shape index (κ2) is 9.54. The highest BCUT2D eigenvalue weighted by molar-refractivity contribution is 6.03. The van der Waals surface area contributed by atoms with Gasteiger partial charge in [0.05, 0.1) is 17.8 Å². The highest BCUT2D eigenvalue weighted by Gasteiger charge is 2.38. The van der Waals surface area contributed by atoms with Crippen molar-refractivity contribution in [2.24, 2.45) is 0 Å². The van der Waals surface area contributed by atoms with Crippen molar-refractivity contribution in [1.29, 1.82) is 0 Å². The SMILES string of the molecule is Cc1cccc(CCN2Cc3nccc(-c4ccncc4)c3C2=O)n1.O=C(O)C(F)(F)F. The van der Waals surface area contributed by atoms with Crippen molar-refractivity contribution in [3.63, 3.8) is 0 Å². The Morgan fingerprint density at radius 3 is 2.44 bits per heavy atom. The van der Waals surface area contributed by atoms with Crippen LogP contribution in [-0.2, 0) is 17.8 Å². The molecule has 166 valence electrons. The lowest BCUT2D eigenvalue weighted by Crippen LogP contribution is -2.26. The number of fused-ring (bicyclic) bond motifs is 1. The summed E-state index contributed by atoms with van der Waals surface area (Å²) in [5.41, 5.74) is 5.47. The molecule has 0 spiro atoms. The number of halogens is 3. The van der Waals surface area contributed by atoms with Crippen LogP contribution in [0.5, 0.6) is 0 Å². The maximum absolute atomic E-state index is 12.9. The van der Waals surface area contributed by atoms with Crippen LogP contribution < -0.4 is 0 Å². The van der Waals surface area contributed by atoms with Gasteiger partial charge in [-0.15, -0.1) is 0 Å². The van der Waals surface area contributed by atoms with Crippen LogP contribution in [0, 0.1) is 6.92 Å². The van der Waals surface area contributed by atoms with E-state index in [0.29, 0.717) is 18.7 Å². The molecule has 7 nitrogen and oxygen atoms in total. The number of hydrogen-bond acceptors (Lipinski definition) is 5. The van der Waals surface area contributed by atoms with Gasteiger partial charge in [-0.3, -0.25) is 19.7 Å². The highest BCUT2D eigenvalue weighted by atomic mass is 19.4. The van der Waals surface area contributed by atoms with Gasteiger partial charge in [0.15, 0.2) is 0 Å². The van der Waals surface area contributed by atoms with Gasteiger partial charge in [-0.2, -0.15) is 13.2 Å². The van der Waals surface area contributed by atoms with Crippen LogP contribution in [-0.4, -0.2) is 49.6 Å². The highest BCUT2D eigenvalue weighted by Crippen LogP contribution is 2.31. The number of aromatic nitrogens is 3. The molecule has 0 radical (unpaired) electrons. The van der Waals surface area contributed by atoms with Gasteiger partial charge >= 0.3 is 12.1 Å². The topological polar surface area (TPSA) is 96.3 Å². The van der Waals surface area contributed by atoms with Crippen LogP contribution in [0.2, 0.25) is 0 Å². The molecule has 0 unspecified atom stereocenters. The van der Waals surface area contributed by atoms with Crippen LogP contribution in [0.15, 0.2) is 55.0 Å². The quantitative estimate of drug-likeness (QED) is 0.660. The molecule has 0 saturated heterocycles. The zero-order valence-electron chi connectivity index (χ0n) is 17.0. The van der Waals surface area contributed by atoms with E-state index in [-0.39, 0.29) is 5.91 Å². The summed E-state index contributed by atoms with van der Waals surface area (Å²) in [5.74, 6) is -2.71. The summed E-state index contributed by atoms with van der Waals surface area (Å²) in [6.45, 7) is 3.17. The number of aryl methyl sites for hydroxylation is 1. The Hall–Kier alpha value is -3.82. The van der Waals surface area contributed by atoms with Gasteiger partial charge in [0, 0.05) is 42.9 Å². The molecule has 3 aromatic rings. The molecule has 1 amide bonds. The molecule has 1 N–H and O–H groups in total. The minimum atomic E-state index is -5.08. The number of carbonyl (C=O) groups is 2.